The Balaban J connectivity index is 0. The summed E-state index contributed by atoms with van der Waals surface area (Å²) in [6.45, 7) is 5.80. The first-order valence-corrected chi connectivity index (χ1v) is 5.82. The summed E-state index contributed by atoms with van der Waals surface area (Å²) >= 11 is 0. The average molecular weight is 266 g/mol. The number of methoxy groups -OCH3 is 1. The van der Waals surface area contributed by atoms with Crippen LogP contribution in [0.5, 0.6) is 0 Å². The van der Waals surface area contributed by atoms with Gasteiger partial charge in [0.05, 0.1) is 6.10 Å². The molecule has 0 bridgehead atoms. The maximum atomic E-state index is 10.3. The Morgan fingerprint density at radius 2 is 1.94 bits per heavy atom. The summed E-state index contributed by atoms with van der Waals surface area (Å²) in [7, 11) is 2.46. The molecule has 0 saturated carbocycles. The van der Waals surface area contributed by atoms with Crippen LogP contribution in [0.4, 0.5) is 0 Å². The van der Waals surface area contributed by atoms with Crippen LogP contribution in [0.1, 0.15) is 33.6 Å². The van der Waals surface area contributed by atoms with Crippen molar-refractivity contribution in [1.29, 1.82) is 0 Å². The van der Waals surface area contributed by atoms with Crippen LogP contribution in [0.2, 0.25) is 0 Å². The fourth-order valence-electron chi connectivity index (χ4n) is 0.986. The van der Waals surface area contributed by atoms with Gasteiger partial charge in [-0.15, -0.1) is 0 Å². The molecule has 0 aromatic carbocycles. The minimum atomic E-state index is -0.958. The van der Waals surface area contributed by atoms with Gasteiger partial charge in [0.25, 0.3) is 0 Å². The lowest BCUT2D eigenvalue weighted by atomic mass is 10.2. The fraction of sp³-hybridized carbons (Fsp3) is 0.917. The van der Waals surface area contributed by atoms with Crippen LogP contribution in [0, 0.1) is 0 Å². The van der Waals surface area contributed by atoms with Gasteiger partial charge in [-0.05, 0) is 26.7 Å². The molecular formula is C12H26O6. The zero-order chi connectivity index (χ0) is 14.6. The van der Waals surface area contributed by atoms with Crippen LogP contribution in [0.3, 0.4) is 0 Å². The standard InChI is InChI=1S/C7H12O3.C4H10O2.CH4O/c1-6(8)10-5-7-3-2-4-9-7;1-4(2,5)6-3;1-2/h7H,2-5H2,1H3;5H,1-3H3;2H,1H3/t7-;;/m0../s1. The number of carbonyl (C=O) groups excluding carboxylic acids is 1. The molecule has 1 atom stereocenters. The smallest absolute Gasteiger partial charge is 0.302 e. The van der Waals surface area contributed by atoms with Gasteiger partial charge >= 0.3 is 5.97 Å². The first-order chi connectivity index (χ1) is 8.35. The van der Waals surface area contributed by atoms with E-state index in [9.17, 15) is 4.79 Å². The van der Waals surface area contributed by atoms with Crippen molar-refractivity contribution >= 4 is 5.97 Å². The number of aliphatic hydroxyl groups excluding tert-OH is 1. The largest absolute Gasteiger partial charge is 0.463 e. The minimum absolute atomic E-state index is 0.156. The number of hydrogen-bond acceptors (Lipinski definition) is 6. The van der Waals surface area contributed by atoms with Crippen LogP contribution in [-0.4, -0.2) is 55.5 Å². The van der Waals surface area contributed by atoms with Crippen molar-refractivity contribution in [3.8, 4) is 0 Å². The highest BCUT2D eigenvalue weighted by Gasteiger charge is 2.15. The Hall–Kier alpha value is -0.690. The van der Waals surface area contributed by atoms with Crippen molar-refractivity contribution in [3.63, 3.8) is 0 Å². The third kappa shape index (κ3) is 15.3. The SMILES string of the molecule is CC(=O)OC[C@@H]1CCCO1.CO.COC(C)(C)O. The summed E-state index contributed by atoms with van der Waals surface area (Å²) in [4.78, 5) is 10.3. The number of aliphatic hydroxyl groups is 2. The first-order valence-electron chi connectivity index (χ1n) is 5.82. The third-order valence-electron chi connectivity index (χ3n) is 2.00. The van der Waals surface area contributed by atoms with E-state index in [0.717, 1.165) is 26.6 Å². The number of ether oxygens (including phenoxy) is 3. The molecule has 0 spiro atoms. The van der Waals surface area contributed by atoms with Gasteiger partial charge in [0.1, 0.15) is 6.61 Å². The highest BCUT2D eigenvalue weighted by molar-refractivity contribution is 5.65. The molecule has 2 N–H and O–H groups in total. The van der Waals surface area contributed by atoms with Crippen molar-refractivity contribution in [2.24, 2.45) is 0 Å². The molecule has 0 aromatic rings. The predicted octanol–water partition coefficient (Wildman–Crippen LogP) is 0.698. The molecule has 110 valence electrons. The lowest BCUT2D eigenvalue weighted by Crippen LogP contribution is -2.20. The van der Waals surface area contributed by atoms with E-state index >= 15 is 0 Å². The van der Waals surface area contributed by atoms with E-state index < -0.39 is 5.79 Å². The van der Waals surface area contributed by atoms with E-state index in [4.69, 9.17) is 19.7 Å². The van der Waals surface area contributed by atoms with Crippen molar-refractivity contribution in [2.75, 3.05) is 27.4 Å². The van der Waals surface area contributed by atoms with E-state index in [1.54, 1.807) is 13.8 Å². The molecule has 6 heteroatoms. The van der Waals surface area contributed by atoms with Gasteiger partial charge in [0.2, 0.25) is 0 Å². The maximum absolute atomic E-state index is 10.3. The van der Waals surface area contributed by atoms with Crippen LogP contribution >= 0.6 is 0 Å². The zero-order valence-electron chi connectivity index (χ0n) is 11.9. The molecule has 1 fully saturated rings. The van der Waals surface area contributed by atoms with Gasteiger partial charge < -0.3 is 24.4 Å². The van der Waals surface area contributed by atoms with Crippen molar-refractivity contribution in [1.82, 2.24) is 0 Å². The van der Waals surface area contributed by atoms with E-state index in [1.165, 1.54) is 14.0 Å². The number of esters is 1. The molecule has 0 unspecified atom stereocenters. The van der Waals surface area contributed by atoms with Gasteiger partial charge in [-0.3, -0.25) is 4.79 Å². The summed E-state index contributed by atoms with van der Waals surface area (Å²) in [5, 5.41) is 15.6. The molecule has 0 aliphatic carbocycles. The molecule has 18 heavy (non-hydrogen) atoms. The Bertz CT molecular complexity index is 193. The summed E-state index contributed by atoms with van der Waals surface area (Å²) in [5.41, 5.74) is 0. The zero-order valence-corrected chi connectivity index (χ0v) is 11.9. The van der Waals surface area contributed by atoms with Crippen molar-refractivity contribution < 1.29 is 29.2 Å². The third-order valence-corrected chi connectivity index (χ3v) is 2.00. The van der Waals surface area contributed by atoms with E-state index in [-0.39, 0.29) is 12.1 Å². The number of hydrogen-bond donors (Lipinski definition) is 2. The second-order valence-corrected chi connectivity index (χ2v) is 4.09. The number of rotatable bonds is 3. The molecule has 0 amide bonds. The van der Waals surface area contributed by atoms with Crippen LogP contribution in [0.15, 0.2) is 0 Å². The minimum Gasteiger partial charge on any atom is -0.463 e. The van der Waals surface area contributed by atoms with Gasteiger partial charge in [-0.25, -0.2) is 0 Å². The number of carbonyl (C=O) groups is 1. The van der Waals surface area contributed by atoms with Crippen molar-refractivity contribution in [3.05, 3.63) is 0 Å². The van der Waals surface area contributed by atoms with Gasteiger partial charge in [0.15, 0.2) is 5.79 Å². The Morgan fingerprint density at radius 3 is 2.22 bits per heavy atom. The molecule has 1 saturated heterocycles. The summed E-state index contributed by atoms with van der Waals surface area (Å²) in [6.07, 6.45) is 2.27. The first kappa shape index (κ1) is 19.6. The topological polar surface area (TPSA) is 85.2 Å². The lowest BCUT2D eigenvalue weighted by molar-refractivity contribution is -0.155. The summed E-state index contributed by atoms with van der Waals surface area (Å²) in [6, 6.07) is 0. The molecule has 1 aliphatic heterocycles. The average Bonchev–Trinajstić information content (AvgIpc) is 2.82. The van der Waals surface area contributed by atoms with E-state index in [2.05, 4.69) is 4.74 Å². The fourth-order valence-corrected chi connectivity index (χ4v) is 0.986. The highest BCUT2D eigenvalue weighted by Crippen LogP contribution is 2.11. The predicted molar refractivity (Wildman–Crippen MR) is 67.1 cm³/mol. The lowest BCUT2D eigenvalue weighted by Gasteiger charge is -2.12. The van der Waals surface area contributed by atoms with E-state index in [0.29, 0.717) is 6.61 Å². The quantitative estimate of drug-likeness (QED) is 0.577. The van der Waals surface area contributed by atoms with E-state index in [1.807, 2.05) is 0 Å². The maximum Gasteiger partial charge on any atom is 0.302 e. The Morgan fingerprint density at radius 1 is 1.44 bits per heavy atom. The summed E-state index contributed by atoms with van der Waals surface area (Å²) in [5.74, 6) is -1.18. The Labute approximate surface area is 109 Å². The molecular weight excluding hydrogens is 240 g/mol. The molecule has 1 rings (SSSR count). The Kier molecular flexibility index (Phi) is 12.4. The summed E-state index contributed by atoms with van der Waals surface area (Å²) < 4.78 is 14.5. The van der Waals surface area contributed by atoms with Gasteiger partial charge in [-0.2, -0.15) is 0 Å². The van der Waals surface area contributed by atoms with Crippen LogP contribution < -0.4 is 0 Å². The second kappa shape index (κ2) is 11.4. The monoisotopic (exact) mass is 266 g/mol. The molecule has 0 radical (unpaired) electrons. The molecule has 1 heterocycles. The molecule has 0 aromatic heterocycles. The van der Waals surface area contributed by atoms with Crippen LogP contribution in [0.25, 0.3) is 0 Å². The molecule has 6 nitrogen and oxygen atoms in total. The molecule has 1 aliphatic rings. The highest BCUT2D eigenvalue weighted by atomic mass is 16.6. The van der Waals surface area contributed by atoms with Crippen LogP contribution in [-0.2, 0) is 19.0 Å². The second-order valence-electron chi connectivity index (χ2n) is 4.09. The van der Waals surface area contributed by atoms with Crippen molar-refractivity contribution in [2.45, 2.75) is 45.5 Å². The normalized spacial score (nSPS) is 18.1. The van der Waals surface area contributed by atoms with Gasteiger partial charge in [-0.1, -0.05) is 0 Å². The van der Waals surface area contributed by atoms with Gasteiger partial charge in [0, 0.05) is 27.8 Å².